The van der Waals surface area contributed by atoms with Gasteiger partial charge in [0.05, 0.1) is 6.42 Å². The molecule has 134 valence electrons. The van der Waals surface area contributed by atoms with Crippen molar-refractivity contribution in [3.05, 3.63) is 66.1 Å². The number of carbonyl (C=O) groups excluding carboxylic acids is 1. The number of esters is 1. The molecule has 0 aliphatic carbocycles. The molecule has 3 rings (SSSR count). The Kier molecular flexibility index (Phi) is 6.07. The van der Waals surface area contributed by atoms with Crippen LogP contribution in [0.2, 0.25) is 0 Å². The number of ether oxygens (including phenoxy) is 1. The molecule has 1 heterocycles. The fourth-order valence-electron chi connectivity index (χ4n) is 2.29. The van der Waals surface area contributed by atoms with Gasteiger partial charge >= 0.3 is 5.97 Å². The lowest BCUT2D eigenvalue weighted by atomic mass is 10.1. The van der Waals surface area contributed by atoms with E-state index >= 15 is 0 Å². The molecule has 2 aromatic carbocycles. The summed E-state index contributed by atoms with van der Waals surface area (Å²) >= 11 is 1.62. The Morgan fingerprint density at radius 2 is 1.85 bits per heavy atom. The Hall–Kier alpha value is -2.60. The minimum atomic E-state index is -0.573. The molecule has 0 aliphatic rings. The van der Waals surface area contributed by atoms with Crippen LogP contribution in [-0.4, -0.2) is 21.9 Å². The molecule has 0 amide bonds. The highest BCUT2D eigenvalue weighted by Gasteiger charge is 2.19. The molecule has 1 aromatic heterocycles. The molecule has 0 aliphatic heterocycles. The maximum absolute atomic E-state index is 12.0. The lowest BCUT2D eigenvalue weighted by Gasteiger charge is -2.09. The molecule has 0 radical (unpaired) electrons. The molecule has 1 atom stereocenters. The number of nitrogens with zero attached hydrogens (tertiary/aromatic N) is 2. The molecule has 5 nitrogen and oxygen atoms in total. The summed E-state index contributed by atoms with van der Waals surface area (Å²) in [6, 6.07) is 17.8. The van der Waals surface area contributed by atoms with Gasteiger partial charge in [-0.15, -0.1) is 22.0 Å². The van der Waals surface area contributed by atoms with Gasteiger partial charge in [-0.25, -0.2) is 0 Å². The number of hydrogen-bond donors (Lipinski definition) is 0. The van der Waals surface area contributed by atoms with Crippen LogP contribution >= 0.6 is 11.8 Å². The Morgan fingerprint density at radius 1 is 1.12 bits per heavy atom. The Balaban J connectivity index is 1.50. The lowest BCUT2D eigenvalue weighted by molar-refractivity contribution is -0.149. The number of aryl methyl sites for hydroxylation is 1. The van der Waals surface area contributed by atoms with Gasteiger partial charge in [0.15, 0.2) is 6.10 Å². The second-order valence-electron chi connectivity index (χ2n) is 5.86. The van der Waals surface area contributed by atoms with Crippen LogP contribution < -0.4 is 0 Å². The van der Waals surface area contributed by atoms with Crippen molar-refractivity contribution in [3.8, 4) is 11.5 Å². The molecule has 1 unspecified atom stereocenters. The highest BCUT2D eigenvalue weighted by Crippen LogP contribution is 2.23. The number of carbonyl (C=O) groups is 1. The van der Waals surface area contributed by atoms with E-state index in [1.54, 1.807) is 18.7 Å². The van der Waals surface area contributed by atoms with Gasteiger partial charge < -0.3 is 9.15 Å². The van der Waals surface area contributed by atoms with Crippen LogP contribution in [0.1, 0.15) is 30.9 Å². The summed E-state index contributed by atoms with van der Waals surface area (Å²) in [5.41, 5.74) is 2.00. The number of aromatic nitrogens is 2. The number of thioether (sulfide) groups is 1. The molecule has 0 saturated carbocycles. The summed E-state index contributed by atoms with van der Waals surface area (Å²) in [6.45, 7) is 3.75. The zero-order chi connectivity index (χ0) is 18.4. The standard InChI is InChI=1S/C20H20N2O3S/c1-14-8-10-16(11-9-14)20-22-21-19(25-20)15(2)24-18(23)12-13-26-17-6-4-3-5-7-17/h3-11,15H,12-13H2,1-2H3. The average Bonchev–Trinajstić information content (AvgIpc) is 3.13. The third kappa shape index (κ3) is 4.95. The van der Waals surface area contributed by atoms with Crippen LogP contribution in [0.5, 0.6) is 0 Å². The summed E-state index contributed by atoms with van der Waals surface area (Å²) in [6.07, 6.45) is -0.251. The maximum Gasteiger partial charge on any atom is 0.307 e. The minimum absolute atomic E-state index is 0.281. The van der Waals surface area contributed by atoms with Gasteiger partial charge in [-0.3, -0.25) is 4.79 Å². The summed E-state index contributed by atoms with van der Waals surface area (Å²) in [5, 5.41) is 8.03. The molecule has 0 N–H and O–H groups in total. The predicted molar refractivity (Wildman–Crippen MR) is 101 cm³/mol. The van der Waals surface area contributed by atoms with Gasteiger partial charge in [0.1, 0.15) is 0 Å². The Morgan fingerprint density at radius 3 is 2.58 bits per heavy atom. The van der Waals surface area contributed by atoms with Gasteiger partial charge in [-0.1, -0.05) is 35.9 Å². The van der Waals surface area contributed by atoms with Crippen LogP contribution in [0.15, 0.2) is 63.9 Å². The maximum atomic E-state index is 12.0. The first-order valence-corrected chi connectivity index (χ1v) is 9.38. The van der Waals surface area contributed by atoms with Crippen molar-refractivity contribution < 1.29 is 13.9 Å². The van der Waals surface area contributed by atoms with Crippen molar-refractivity contribution in [2.75, 3.05) is 5.75 Å². The second kappa shape index (κ2) is 8.67. The molecular formula is C20H20N2O3S. The molecule has 0 saturated heterocycles. The fourth-order valence-corrected chi connectivity index (χ4v) is 3.14. The van der Waals surface area contributed by atoms with Crippen LogP contribution in [-0.2, 0) is 9.53 Å². The second-order valence-corrected chi connectivity index (χ2v) is 7.02. The van der Waals surface area contributed by atoms with Crippen LogP contribution in [0.3, 0.4) is 0 Å². The van der Waals surface area contributed by atoms with Gasteiger partial charge in [0.25, 0.3) is 5.89 Å². The van der Waals surface area contributed by atoms with Crippen molar-refractivity contribution >= 4 is 17.7 Å². The number of benzene rings is 2. The Bertz CT molecular complexity index is 847. The van der Waals surface area contributed by atoms with E-state index in [1.165, 1.54) is 0 Å². The van der Waals surface area contributed by atoms with Gasteiger partial charge in [-0.2, -0.15) is 0 Å². The average molecular weight is 368 g/mol. The normalized spacial score (nSPS) is 11.9. The van der Waals surface area contributed by atoms with Crippen molar-refractivity contribution in [1.82, 2.24) is 10.2 Å². The van der Waals surface area contributed by atoms with Crippen molar-refractivity contribution in [2.45, 2.75) is 31.3 Å². The third-order valence-electron chi connectivity index (χ3n) is 3.71. The van der Waals surface area contributed by atoms with E-state index in [2.05, 4.69) is 10.2 Å². The van der Waals surface area contributed by atoms with E-state index < -0.39 is 6.10 Å². The van der Waals surface area contributed by atoms with Crippen LogP contribution in [0.25, 0.3) is 11.5 Å². The minimum Gasteiger partial charge on any atom is -0.453 e. The van der Waals surface area contributed by atoms with E-state index in [-0.39, 0.29) is 5.97 Å². The van der Waals surface area contributed by atoms with Gasteiger partial charge in [0, 0.05) is 16.2 Å². The molecule has 26 heavy (non-hydrogen) atoms. The van der Waals surface area contributed by atoms with E-state index in [1.807, 2.05) is 61.5 Å². The smallest absolute Gasteiger partial charge is 0.307 e. The van der Waals surface area contributed by atoms with Crippen molar-refractivity contribution in [2.24, 2.45) is 0 Å². The third-order valence-corrected chi connectivity index (χ3v) is 4.73. The van der Waals surface area contributed by atoms with Crippen LogP contribution in [0.4, 0.5) is 0 Å². The highest BCUT2D eigenvalue weighted by atomic mass is 32.2. The van der Waals surface area contributed by atoms with Gasteiger partial charge in [0.2, 0.25) is 5.89 Å². The predicted octanol–water partition coefficient (Wildman–Crippen LogP) is 4.83. The number of hydrogen-bond acceptors (Lipinski definition) is 6. The SMILES string of the molecule is Cc1ccc(-c2nnc(C(C)OC(=O)CCSc3ccccc3)o2)cc1. The van der Waals surface area contributed by atoms with Crippen molar-refractivity contribution in [3.63, 3.8) is 0 Å². The quantitative estimate of drug-likeness (QED) is 0.439. The zero-order valence-electron chi connectivity index (χ0n) is 14.7. The first kappa shape index (κ1) is 18.2. The fraction of sp³-hybridized carbons (Fsp3) is 0.250. The summed E-state index contributed by atoms with van der Waals surface area (Å²) in [7, 11) is 0. The van der Waals surface area contributed by atoms with Crippen molar-refractivity contribution in [1.29, 1.82) is 0 Å². The molecule has 6 heteroatoms. The highest BCUT2D eigenvalue weighted by molar-refractivity contribution is 7.99. The molecule has 3 aromatic rings. The van der Waals surface area contributed by atoms with E-state index in [0.717, 1.165) is 16.0 Å². The molecule has 0 fully saturated rings. The first-order chi connectivity index (χ1) is 12.6. The monoisotopic (exact) mass is 368 g/mol. The first-order valence-electron chi connectivity index (χ1n) is 8.39. The topological polar surface area (TPSA) is 65.2 Å². The largest absolute Gasteiger partial charge is 0.453 e. The summed E-state index contributed by atoms with van der Waals surface area (Å²) < 4.78 is 11.0. The number of rotatable bonds is 7. The van der Waals surface area contributed by atoms with Gasteiger partial charge in [-0.05, 0) is 38.1 Å². The van der Waals surface area contributed by atoms with Crippen LogP contribution in [0, 0.1) is 6.92 Å². The van der Waals surface area contributed by atoms with E-state index in [4.69, 9.17) is 9.15 Å². The van der Waals surface area contributed by atoms with E-state index in [9.17, 15) is 4.79 Å². The van der Waals surface area contributed by atoms with E-state index in [0.29, 0.717) is 24.0 Å². The lowest BCUT2D eigenvalue weighted by Crippen LogP contribution is -2.09. The molecule has 0 bridgehead atoms. The molecule has 0 spiro atoms. The summed E-state index contributed by atoms with van der Waals surface area (Å²) in [4.78, 5) is 13.1. The zero-order valence-corrected chi connectivity index (χ0v) is 15.5. The Labute approximate surface area is 156 Å². The summed E-state index contributed by atoms with van der Waals surface area (Å²) in [5.74, 6) is 1.09. The molecular weight excluding hydrogens is 348 g/mol.